The second-order valence-electron chi connectivity index (χ2n) is 6.41. The van der Waals surface area contributed by atoms with Crippen LogP contribution in [0.4, 0.5) is 10.1 Å². The molecule has 2 bridgehead atoms. The average molecular weight is 290 g/mol. The van der Waals surface area contributed by atoms with Gasteiger partial charge in [0.2, 0.25) is 0 Å². The van der Waals surface area contributed by atoms with Crippen molar-refractivity contribution < 1.29 is 14.1 Å². The number of nitro benzene ring substituents is 1. The smallest absolute Gasteiger partial charge is 0.282 e. The highest BCUT2D eigenvalue weighted by molar-refractivity contribution is 5.98. The van der Waals surface area contributed by atoms with E-state index < -0.39 is 16.6 Å². The molecule has 110 valence electrons. The monoisotopic (exact) mass is 290 g/mol. The first-order chi connectivity index (χ1) is 10.1. The largest absolute Gasteiger partial charge is 0.348 e. The third kappa shape index (κ3) is 1.85. The molecule has 1 N–H and O–H groups in total. The molecule has 1 aromatic carbocycles. The van der Waals surface area contributed by atoms with Gasteiger partial charge in [-0.3, -0.25) is 14.9 Å². The molecule has 3 fully saturated rings. The van der Waals surface area contributed by atoms with E-state index in [2.05, 4.69) is 5.32 Å². The fraction of sp³-hybridized carbons (Fsp3) is 0.533. The minimum atomic E-state index is -0.647. The first kappa shape index (κ1) is 12.7. The Hall–Kier alpha value is -1.98. The number of nitro groups is 1. The predicted molar refractivity (Wildman–Crippen MR) is 72.1 cm³/mol. The number of nitrogens with one attached hydrogen (secondary N) is 1. The molecule has 3 saturated carbocycles. The van der Waals surface area contributed by atoms with Crippen LogP contribution in [-0.4, -0.2) is 16.9 Å². The average Bonchev–Trinajstić information content (AvgIpc) is 2.83. The number of carbonyl (C=O) groups excluding carboxylic acids is 1. The molecule has 4 rings (SSSR count). The molecular formula is C15H15FN2O3. The van der Waals surface area contributed by atoms with Gasteiger partial charge in [0, 0.05) is 12.1 Å². The van der Waals surface area contributed by atoms with Gasteiger partial charge < -0.3 is 5.32 Å². The quantitative estimate of drug-likeness (QED) is 0.686. The van der Waals surface area contributed by atoms with Gasteiger partial charge in [0.25, 0.3) is 11.6 Å². The summed E-state index contributed by atoms with van der Waals surface area (Å²) in [5.74, 6) is 1.32. The van der Waals surface area contributed by atoms with Crippen LogP contribution in [0.5, 0.6) is 0 Å². The van der Waals surface area contributed by atoms with E-state index in [1.54, 1.807) is 0 Å². The normalized spacial score (nSPS) is 35.4. The van der Waals surface area contributed by atoms with E-state index >= 15 is 0 Å². The Kier molecular flexibility index (Phi) is 2.58. The number of rotatable bonds is 3. The highest BCUT2D eigenvalue weighted by Crippen LogP contribution is 2.65. The summed E-state index contributed by atoms with van der Waals surface area (Å²) < 4.78 is 13.3. The Balaban J connectivity index is 1.54. The lowest BCUT2D eigenvalue weighted by molar-refractivity contribution is -0.385. The fourth-order valence-electron chi connectivity index (χ4n) is 4.60. The summed E-state index contributed by atoms with van der Waals surface area (Å²) in [5.41, 5.74) is -0.528. The lowest BCUT2D eigenvalue weighted by Gasteiger charge is -2.10. The summed E-state index contributed by atoms with van der Waals surface area (Å²) in [7, 11) is 0. The van der Waals surface area contributed by atoms with Crippen molar-refractivity contribution >= 4 is 11.6 Å². The Labute approximate surface area is 120 Å². The standard InChI is InChI=1S/C15H15FN2O3/c16-9-3-4-11(18(20)21)10(6-9)15(19)17-14-12-7-1-2-8(5-7)13(12)14/h3-4,6-8,12-14H,1-2,5H2,(H,17,19). The Morgan fingerprint density at radius 2 is 1.95 bits per heavy atom. The van der Waals surface area contributed by atoms with Gasteiger partial charge in [-0.25, -0.2) is 4.39 Å². The van der Waals surface area contributed by atoms with Crippen molar-refractivity contribution in [2.45, 2.75) is 25.3 Å². The van der Waals surface area contributed by atoms with Crippen LogP contribution in [0.2, 0.25) is 0 Å². The van der Waals surface area contributed by atoms with Gasteiger partial charge >= 0.3 is 0 Å². The third-order valence-electron chi connectivity index (χ3n) is 5.43. The second-order valence-corrected chi connectivity index (χ2v) is 6.41. The molecule has 0 heterocycles. The number of fused-ring (bicyclic) bond motifs is 5. The maximum absolute atomic E-state index is 13.3. The molecular weight excluding hydrogens is 275 g/mol. The molecule has 5 nitrogen and oxygen atoms in total. The van der Waals surface area contributed by atoms with Gasteiger partial charge in [0.05, 0.1) is 4.92 Å². The predicted octanol–water partition coefficient (Wildman–Crippen LogP) is 2.51. The fourth-order valence-corrected chi connectivity index (χ4v) is 4.60. The summed E-state index contributed by atoms with van der Waals surface area (Å²) >= 11 is 0. The highest BCUT2D eigenvalue weighted by atomic mass is 19.1. The van der Waals surface area contributed by atoms with Crippen LogP contribution in [0.3, 0.4) is 0 Å². The van der Waals surface area contributed by atoms with E-state index in [0.717, 1.165) is 18.2 Å². The molecule has 0 saturated heterocycles. The number of hydrogen-bond donors (Lipinski definition) is 1. The number of benzene rings is 1. The third-order valence-corrected chi connectivity index (χ3v) is 5.43. The zero-order chi connectivity index (χ0) is 14.7. The van der Waals surface area contributed by atoms with Crippen molar-refractivity contribution in [2.75, 3.05) is 0 Å². The molecule has 6 heteroatoms. The molecule has 0 aromatic heterocycles. The molecule has 3 aliphatic carbocycles. The first-order valence-corrected chi connectivity index (χ1v) is 7.31. The summed E-state index contributed by atoms with van der Waals surface area (Å²) in [6.45, 7) is 0. The van der Waals surface area contributed by atoms with Crippen LogP contribution in [0.25, 0.3) is 0 Å². The van der Waals surface area contributed by atoms with E-state index in [0.29, 0.717) is 23.7 Å². The van der Waals surface area contributed by atoms with Crippen LogP contribution < -0.4 is 5.32 Å². The van der Waals surface area contributed by atoms with Crippen molar-refractivity contribution in [3.63, 3.8) is 0 Å². The lowest BCUT2D eigenvalue weighted by Crippen LogP contribution is -2.30. The minimum absolute atomic E-state index is 0.131. The van der Waals surface area contributed by atoms with Crippen LogP contribution in [0, 0.1) is 39.6 Å². The first-order valence-electron chi connectivity index (χ1n) is 7.31. The molecule has 0 spiro atoms. The zero-order valence-electron chi connectivity index (χ0n) is 11.3. The number of amides is 1. The molecule has 0 aliphatic heterocycles. The minimum Gasteiger partial charge on any atom is -0.348 e. The summed E-state index contributed by atoms with van der Waals surface area (Å²) in [6.07, 6.45) is 3.73. The van der Waals surface area contributed by atoms with E-state index in [1.807, 2.05) is 0 Å². The molecule has 1 amide bonds. The van der Waals surface area contributed by atoms with Crippen LogP contribution in [-0.2, 0) is 0 Å². The molecule has 3 aliphatic rings. The summed E-state index contributed by atoms with van der Waals surface area (Å²) in [6, 6.07) is 3.12. The zero-order valence-corrected chi connectivity index (χ0v) is 11.3. The maximum Gasteiger partial charge on any atom is 0.282 e. The van der Waals surface area contributed by atoms with Crippen LogP contribution in [0.15, 0.2) is 18.2 Å². The van der Waals surface area contributed by atoms with Crippen molar-refractivity contribution in [3.8, 4) is 0 Å². The summed E-state index contributed by atoms with van der Waals surface area (Å²) in [5, 5.41) is 13.8. The van der Waals surface area contributed by atoms with Gasteiger partial charge in [-0.2, -0.15) is 0 Å². The molecule has 4 unspecified atom stereocenters. The van der Waals surface area contributed by atoms with E-state index in [1.165, 1.54) is 19.3 Å². The van der Waals surface area contributed by atoms with Gasteiger partial charge in [0.1, 0.15) is 11.4 Å². The Morgan fingerprint density at radius 1 is 1.29 bits per heavy atom. The van der Waals surface area contributed by atoms with Gasteiger partial charge in [0.15, 0.2) is 0 Å². The van der Waals surface area contributed by atoms with Crippen LogP contribution in [0.1, 0.15) is 29.6 Å². The van der Waals surface area contributed by atoms with Crippen LogP contribution >= 0.6 is 0 Å². The number of carbonyl (C=O) groups is 1. The molecule has 4 atom stereocenters. The number of hydrogen-bond acceptors (Lipinski definition) is 3. The number of nitrogens with zero attached hydrogens (tertiary/aromatic N) is 1. The van der Waals surface area contributed by atoms with Crippen molar-refractivity contribution in [2.24, 2.45) is 23.7 Å². The van der Waals surface area contributed by atoms with Gasteiger partial charge in [-0.1, -0.05) is 0 Å². The van der Waals surface area contributed by atoms with Crippen molar-refractivity contribution in [3.05, 3.63) is 39.7 Å². The molecule has 1 aromatic rings. The Bertz CT molecular complexity index is 632. The van der Waals surface area contributed by atoms with E-state index in [-0.39, 0.29) is 17.3 Å². The lowest BCUT2D eigenvalue weighted by atomic mass is 10.0. The molecule has 0 radical (unpaired) electrons. The number of halogens is 1. The second kappa shape index (κ2) is 4.26. The summed E-state index contributed by atoms with van der Waals surface area (Å²) in [4.78, 5) is 22.6. The van der Waals surface area contributed by atoms with Gasteiger partial charge in [-0.05, 0) is 55.1 Å². The van der Waals surface area contributed by atoms with E-state index in [4.69, 9.17) is 0 Å². The topological polar surface area (TPSA) is 72.2 Å². The van der Waals surface area contributed by atoms with E-state index in [9.17, 15) is 19.3 Å². The van der Waals surface area contributed by atoms with Crippen molar-refractivity contribution in [1.29, 1.82) is 0 Å². The SMILES string of the molecule is O=C(NC1C2C3CCC(C3)C12)c1cc(F)ccc1[N+](=O)[O-]. The molecule has 21 heavy (non-hydrogen) atoms. The highest BCUT2D eigenvalue weighted by Gasteiger charge is 2.65. The van der Waals surface area contributed by atoms with Crippen molar-refractivity contribution in [1.82, 2.24) is 5.32 Å². The van der Waals surface area contributed by atoms with Gasteiger partial charge in [-0.15, -0.1) is 0 Å². The maximum atomic E-state index is 13.3. The Morgan fingerprint density at radius 3 is 2.57 bits per heavy atom.